The van der Waals surface area contributed by atoms with E-state index in [1.165, 1.54) is 12.7 Å². The molecule has 1 fully saturated rings. The summed E-state index contributed by atoms with van der Waals surface area (Å²) in [5.41, 5.74) is 2.27. The summed E-state index contributed by atoms with van der Waals surface area (Å²) in [6.45, 7) is 4.72. The molecule has 140 valence electrons. The van der Waals surface area contributed by atoms with Gasteiger partial charge in [0, 0.05) is 12.0 Å². The van der Waals surface area contributed by atoms with E-state index >= 15 is 0 Å². The Labute approximate surface area is 154 Å². The Morgan fingerprint density at radius 2 is 2.08 bits per heavy atom. The highest BCUT2D eigenvalue weighted by atomic mass is 16.5. The van der Waals surface area contributed by atoms with Crippen molar-refractivity contribution in [1.82, 2.24) is 15.0 Å². The van der Waals surface area contributed by atoms with Gasteiger partial charge in [-0.25, -0.2) is 0 Å². The highest BCUT2D eigenvalue weighted by Gasteiger charge is 2.21. The van der Waals surface area contributed by atoms with Gasteiger partial charge in [-0.05, 0) is 50.3 Å². The van der Waals surface area contributed by atoms with E-state index in [-0.39, 0.29) is 5.97 Å². The number of ether oxygens (including phenoxy) is 1. The van der Waals surface area contributed by atoms with Crippen LogP contribution in [-0.4, -0.2) is 41.2 Å². The number of benzene rings is 1. The molecule has 1 atom stereocenters. The second-order valence-electron chi connectivity index (χ2n) is 6.92. The average Bonchev–Trinajstić information content (AvgIpc) is 3.03. The number of carbonyl (C=O) groups excluding carboxylic acids is 1. The lowest BCUT2D eigenvalue weighted by atomic mass is 9.97. The number of rotatable bonds is 6. The third kappa shape index (κ3) is 4.91. The molecule has 0 unspecified atom stereocenters. The van der Waals surface area contributed by atoms with Crippen molar-refractivity contribution in [3.05, 3.63) is 35.7 Å². The van der Waals surface area contributed by atoms with E-state index in [4.69, 9.17) is 9.26 Å². The van der Waals surface area contributed by atoms with E-state index in [1.54, 1.807) is 0 Å². The zero-order chi connectivity index (χ0) is 18.4. The normalized spacial score (nSPS) is 18.5. The zero-order valence-corrected chi connectivity index (χ0v) is 15.6. The van der Waals surface area contributed by atoms with Gasteiger partial charge in [-0.15, -0.1) is 0 Å². The summed E-state index contributed by atoms with van der Waals surface area (Å²) < 4.78 is 10.2. The Morgan fingerprint density at radius 1 is 1.27 bits per heavy atom. The zero-order valence-electron chi connectivity index (χ0n) is 15.6. The third-order valence-corrected chi connectivity index (χ3v) is 5.07. The first-order valence-electron chi connectivity index (χ1n) is 9.39. The van der Waals surface area contributed by atoms with E-state index in [9.17, 15) is 4.79 Å². The fourth-order valence-corrected chi connectivity index (χ4v) is 3.42. The van der Waals surface area contributed by atoms with Crippen molar-refractivity contribution in [2.45, 2.75) is 45.6 Å². The van der Waals surface area contributed by atoms with Crippen LogP contribution in [0.4, 0.5) is 0 Å². The Hall–Kier alpha value is -2.21. The number of carbonyl (C=O) groups is 1. The maximum Gasteiger partial charge on any atom is 0.305 e. The van der Waals surface area contributed by atoms with E-state index in [2.05, 4.69) is 34.1 Å². The molecule has 2 aromatic rings. The predicted octanol–water partition coefficient (Wildman–Crippen LogP) is 3.46. The smallest absolute Gasteiger partial charge is 0.305 e. The maximum atomic E-state index is 11.5. The van der Waals surface area contributed by atoms with Crippen molar-refractivity contribution in [3.63, 3.8) is 0 Å². The minimum Gasteiger partial charge on any atom is -0.469 e. The second-order valence-corrected chi connectivity index (χ2v) is 6.92. The topological polar surface area (TPSA) is 68.5 Å². The van der Waals surface area contributed by atoms with Crippen LogP contribution in [0.2, 0.25) is 0 Å². The maximum absolute atomic E-state index is 11.5. The molecule has 0 saturated carbocycles. The summed E-state index contributed by atoms with van der Waals surface area (Å²) >= 11 is 0. The van der Waals surface area contributed by atoms with Crippen LogP contribution in [0.3, 0.4) is 0 Å². The molecule has 0 bridgehead atoms. The van der Waals surface area contributed by atoms with Crippen LogP contribution in [0.1, 0.15) is 44.1 Å². The number of nitrogens with zero attached hydrogens (tertiary/aromatic N) is 3. The molecule has 1 aliphatic rings. The van der Waals surface area contributed by atoms with Gasteiger partial charge in [-0.3, -0.25) is 9.69 Å². The monoisotopic (exact) mass is 357 g/mol. The average molecular weight is 357 g/mol. The number of methoxy groups -OCH3 is 1. The summed E-state index contributed by atoms with van der Waals surface area (Å²) in [7, 11) is 1.45. The minimum absolute atomic E-state index is 0.112. The summed E-state index contributed by atoms with van der Waals surface area (Å²) in [4.78, 5) is 18.3. The molecule has 1 aromatic carbocycles. The first-order valence-corrected chi connectivity index (χ1v) is 9.39. The lowest BCUT2D eigenvalue weighted by Gasteiger charge is -2.17. The highest BCUT2D eigenvalue weighted by Crippen LogP contribution is 2.23. The van der Waals surface area contributed by atoms with Gasteiger partial charge in [0.15, 0.2) is 0 Å². The minimum atomic E-state index is -0.112. The molecule has 1 saturated heterocycles. The predicted molar refractivity (Wildman–Crippen MR) is 98.4 cm³/mol. The fourth-order valence-electron chi connectivity index (χ4n) is 3.42. The van der Waals surface area contributed by atoms with E-state index in [0.717, 1.165) is 44.3 Å². The van der Waals surface area contributed by atoms with Crippen LogP contribution < -0.4 is 0 Å². The van der Waals surface area contributed by atoms with Gasteiger partial charge in [0.1, 0.15) is 0 Å². The Bertz CT molecular complexity index is 711. The lowest BCUT2D eigenvalue weighted by Crippen LogP contribution is -2.24. The Balaban J connectivity index is 1.56. The fraction of sp³-hybridized carbons (Fsp3) is 0.550. The molecule has 1 aliphatic heterocycles. The summed E-state index contributed by atoms with van der Waals surface area (Å²) in [6.07, 6.45) is 4.66. The number of aryl methyl sites for hydroxylation is 1. The van der Waals surface area contributed by atoms with Crippen LogP contribution in [0, 0.1) is 5.92 Å². The molecule has 0 N–H and O–H groups in total. The number of esters is 1. The quantitative estimate of drug-likeness (QED) is 0.738. The molecule has 0 spiro atoms. The summed E-state index contributed by atoms with van der Waals surface area (Å²) in [6, 6.07) is 8.27. The molecule has 3 rings (SSSR count). The number of hydrogen-bond donors (Lipinski definition) is 0. The van der Waals surface area contributed by atoms with Crippen LogP contribution >= 0.6 is 0 Å². The van der Waals surface area contributed by atoms with Crippen molar-refractivity contribution in [3.8, 4) is 11.4 Å². The number of likely N-dealkylation sites (tertiary alicyclic amines) is 1. The molecule has 6 heteroatoms. The van der Waals surface area contributed by atoms with E-state index in [0.29, 0.717) is 30.6 Å². The summed E-state index contributed by atoms with van der Waals surface area (Å²) in [5.74, 6) is 1.58. The van der Waals surface area contributed by atoms with E-state index in [1.807, 2.05) is 12.1 Å². The second kappa shape index (κ2) is 8.94. The van der Waals surface area contributed by atoms with Gasteiger partial charge in [-0.2, -0.15) is 4.98 Å². The van der Waals surface area contributed by atoms with Crippen molar-refractivity contribution in [2.75, 3.05) is 20.2 Å². The molecule has 0 radical (unpaired) electrons. The third-order valence-electron chi connectivity index (χ3n) is 5.07. The standard InChI is InChI=1S/C20H27N3O3/c1-3-15-6-8-17(9-7-15)20-21-18(26-22-20)14-23-11-4-5-16(10-12-23)13-19(24)25-2/h6-9,16H,3-5,10-14H2,1-2H3/t16-/m1/s1. The van der Waals surface area contributed by atoms with Crippen LogP contribution in [0.15, 0.2) is 28.8 Å². The van der Waals surface area contributed by atoms with Crippen molar-refractivity contribution >= 4 is 5.97 Å². The van der Waals surface area contributed by atoms with Gasteiger partial charge in [-0.1, -0.05) is 36.3 Å². The SMILES string of the molecule is CCc1ccc(-c2noc(CN3CCC[C@@H](CC(=O)OC)CC3)n2)cc1. The van der Waals surface area contributed by atoms with Gasteiger partial charge in [0.05, 0.1) is 13.7 Å². The largest absolute Gasteiger partial charge is 0.469 e. The molecular weight excluding hydrogens is 330 g/mol. The molecule has 1 aromatic heterocycles. The van der Waals surface area contributed by atoms with Crippen LogP contribution in [-0.2, 0) is 22.5 Å². The van der Waals surface area contributed by atoms with Crippen molar-refractivity contribution in [2.24, 2.45) is 5.92 Å². The number of aromatic nitrogens is 2. The van der Waals surface area contributed by atoms with Gasteiger partial charge in [0.25, 0.3) is 0 Å². The van der Waals surface area contributed by atoms with Crippen LogP contribution in [0.5, 0.6) is 0 Å². The van der Waals surface area contributed by atoms with Gasteiger partial charge >= 0.3 is 5.97 Å². The van der Waals surface area contributed by atoms with Crippen molar-refractivity contribution < 1.29 is 14.1 Å². The van der Waals surface area contributed by atoms with Crippen molar-refractivity contribution in [1.29, 1.82) is 0 Å². The van der Waals surface area contributed by atoms with Gasteiger partial charge < -0.3 is 9.26 Å². The summed E-state index contributed by atoms with van der Waals surface area (Å²) in [5, 5.41) is 4.12. The first-order chi connectivity index (χ1) is 12.7. The lowest BCUT2D eigenvalue weighted by molar-refractivity contribution is -0.141. The molecule has 0 aliphatic carbocycles. The van der Waals surface area contributed by atoms with Crippen LogP contribution in [0.25, 0.3) is 11.4 Å². The molecule has 2 heterocycles. The highest BCUT2D eigenvalue weighted by molar-refractivity contribution is 5.69. The molecule has 0 amide bonds. The number of hydrogen-bond acceptors (Lipinski definition) is 6. The van der Waals surface area contributed by atoms with E-state index < -0.39 is 0 Å². The molecule has 26 heavy (non-hydrogen) atoms. The Kier molecular flexibility index (Phi) is 6.39. The Morgan fingerprint density at radius 3 is 2.81 bits per heavy atom. The first kappa shape index (κ1) is 18.6. The van der Waals surface area contributed by atoms with Gasteiger partial charge in [0.2, 0.25) is 11.7 Å². The molecular formula is C20H27N3O3. The molecule has 6 nitrogen and oxygen atoms in total.